The highest BCUT2D eigenvalue weighted by atomic mass is 19.1. The number of carbonyl (C=O) groups excluding carboxylic acids is 1. The molecule has 2 fully saturated rings. The number of piperazine rings is 1. The Morgan fingerprint density at radius 3 is 2.54 bits per heavy atom. The van der Waals surface area contributed by atoms with E-state index in [0.717, 1.165) is 45.6 Å². The van der Waals surface area contributed by atoms with Crippen molar-refractivity contribution in [2.24, 2.45) is 12.0 Å². The summed E-state index contributed by atoms with van der Waals surface area (Å²) >= 11 is 0. The zero-order chi connectivity index (χ0) is 26.9. The van der Waals surface area contributed by atoms with E-state index in [-0.39, 0.29) is 12.6 Å². The number of halogens is 1. The van der Waals surface area contributed by atoms with Crippen LogP contribution in [-0.4, -0.2) is 98.9 Å². The Bertz CT molecular complexity index is 1500. The van der Waals surface area contributed by atoms with E-state index in [1.807, 2.05) is 59.7 Å². The molecule has 0 spiro atoms. The van der Waals surface area contributed by atoms with E-state index in [1.54, 1.807) is 16.6 Å². The van der Waals surface area contributed by atoms with Crippen molar-refractivity contribution in [2.45, 2.75) is 19.0 Å². The van der Waals surface area contributed by atoms with Gasteiger partial charge >= 0.3 is 6.03 Å². The molecular formula is C28H32FN9O. The van der Waals surface area contributed by atoms with Crippen LogP contribution in [0.2, 0.25) is 0 Å². The molecule has 2 aliphatic heterocycles. The summed E-state index contributed by atoms with van der Waals surface area (Å²) in [5.74, 6) is 0.871. The number of alkyl halides is 1. The average molecular weight is 530 g/mol. The van der Waals surface area contributed by atoms with E-state index in [9.17, 15) is 9.18 Å². The Balaban J connectivity index is 1.23. The summed E-state index contributed by atoms with van der Waals surface area (Å²) in [4.78, 5) is 27.6. The van der Waals surface area contributed by atoms with Crippen LogP contribution < -0.4 is 4.90 Å². The maximum atomic E-state index is 13.8. The Kier molecular flexibility index (Phi) is 6.72. The predicted octanol–water partition coefficient (Wildman–Crippen LogP) is 3.52. The number of likely N-dealkylation sites (tertiary alicyclic amines) is 1. The lowest BCUT2D eigenvalue weighted by molar-refractivity contribution is 0.113. The van der Waals surface area contributed by atoms with Crippen molar-refractivity contribution in [2.75, 3.05) is 51.2 Å². The fourth-order valence-corrected chi connectivity index (χ4v) is 5.49. The van der Waals surface area contributed by atoms with Crippen molar-refractivity contribution >= 4 is 23.6 Å². The third kappa shape index (κ3) is 4.96. The van der Waals surface area contributed by atoms with Crippen LogP contribution in [-0.2, 0) is 7.05 Å². The minimum atomic E-state index is -0.911. The number of aromatic nitrogens is 5. The van der Waals surface area contributed by atoms with Gasteiger partial charge in [0.2, 0.25) is 0 Å². The van der Waals surface area contributed by atoms with Crippen LogP contribution in [0.5, 0.6) is 0 Å². The molecule has 1 unspecified atom stereocenters. The maximum absolute atomic E-state index is 13.8. The number of hydrogen-bond acceptors (Lipinski definition) is 6. The molecule has 0 saturated carbocycles. The summed E-state index contributed by atoms with van der Waals surface area (Å²) < 4.78 is 17.5. The zero-order valence-electron chi connectivity index (χ0n) is 22.2. The Morgan fingerprint density at radius 1 is 1.00 bits per heavy atom. The summed E-state index contributed by atoms with van der Waals surface area (Å²) in [6.45, 7) is 3.41. The maximum Gasteiger partial charge on any atom is 0.320 e. The lowest BCUT2D eigenvalue weighted by Crippen LogP contribution is -2.54. The standard InChI is InChI=1S/C28H32FN9O/c1-30-13-22-15-33-38-18-21(23-16-32-34(2)17-23)12-25(27(22)38)20-5-6-26(31-14-20)35-8-10-36(11-9-35)28(39)37-7-3-4-24(29)19-37/h5-6,12-18,24H,3-4,7-11,19H2,1-2H3/b30-13-. The second kappa shape index (κ2) is 10.5. The number of piperidine rings is 1. The number of pyridine rings is 2. The van der Waals surface area contributed by atoms with Gasteiger partial charge in [-0.3, -0.25) is 9.67 Å². The van der Waals surface area contributed by atoms with Crippen molar-refractivity contribution in [3.05, 3.63) is 54.7 Å². The third-order valence-electron chi connectivity index (χ3n) is 7.51. The molecule has 6 rings (SSSR count). The minimum absolute atomic E-state index is 0.0509. The van der Waals surface area contributed by atoms with Crippen LogP contribution in [0, 0.1) is 0 Å². The highest BCUT2D eigenvalue weighted by molar-refractivity contribution is 5.97. The van der Waals surface area contributed by atoms with Crippen LogP contribution in [0.3, 0.4) is 0 Å². The molecule has 6 heterocycles. The first-order chi connectivity index (χ1) is 19.0. The summed E-state index contributed by atoms with van der Waals surface area (Å²) in [7, 11) is 3.65. The molecular weight excluding hydrogens is 497 g/mol. The fourth-order valence-electron chi connectivity index (χ4n) is 5.49. The summed E-state index contributed by atoms with van der Waals surface area (Å²) in [6.07, 6.45) is 11.7. The van der Waals surface area contributed by atoms with Crippen LogP contribution in [0.25, 0.3) is 27.8 Å². The number of aliphatic imine (C=N–C) groups is 1. The van der Waals surface area contributed by atoms with Gasteiger partial charge in [0.05, 0.1) is 24.5 Å². The topological polar surface area (TPSA) is 87.2 Å². The first-order valence-electron chi connectivity index (χ1n) is 13.3. The Labute approximate surface area is 226 Å². The summed E-state index contributed by atoms with van der Waals surface area (Å²) in [5.41, 5.74) is 5.88. The molecule has 0 aromatic carbocycles. The molecule has 0 radical (unpaired) electrons. The monoisotopic (exact) mass is 529 g/mol. The van der Waals surface area contributed by atoms with Crippen molar-refractivity contribution in [1.82, 2.24) is 34.2 Å². The molecule has 2 amide bonds. The lowest BCUT2D eigenvalue weighted by Gasteiger charge is -2.39. The van der Waals surface area contributed by atoms with Crippen LogP contribution >= 0.6 is 0 Å². The van der Waals surface area contributed by atoms with Gasteiger partial charge in [0, 0.05) is 99.4 Å². The molecule has 4 aromatic heterocycles. The van der Waals surface area contributed by atoms with Crippen molar-refractivity contribution in [3.8, 4) is 22.3 Å². The van der Waals surface area contributed by atoms with Crippen LogP contribution in [0.4, 0.5) is 15.0 Å². The molecule has 0 aliphatic carbocycles. The zero-order valence-corrected chi connectivity index (χ0v) is 22.2. The fraction of sp³-hybridized carbons (Fsp3) is 0.393. The molecule has 0 bridgehead atoms. The van der Waals surface area contributed by atoms with Gasteiger partial charge in [-0.15, -0.1) is 0 Å². The second-order valence-corrected chi connectivity index (χ2v) is 10.2. The normalized spacial score (nSPS) is 18.4. The molecule has 11 heteroatoms. The highest BCUT2D eigenvalue weighted by Gasteiger charge is 2.29. The molecule has 202 valence electrons. The van der Waals surface area contributed by atoms with E-state index in [0.29, 0.717) is 39.1 Å². The van der Waals surface area contributed by atoms with Gasteiger partial charge in [-0.05, 0) is 31.0 Å². The van der Waals surface area contributed by atoms with Gasteiger partial charge in [0.1, 0.15) is 12.0 Å². The van der Waals surface area contributed by atoms with Gasteiger partial charge in [0.15, 0.2) is 0 Å². The van der Waals surface area contributed by atoms with Crippen molar-refractivity contribution in [3.63, 3.8) is 0 Å². The van der Waals surface area contributed by atoms with E-state index in [4.69, 9.17) is 4.98 Å². The average Bonchev–Trinajstić information content (AvgIpc) is 3.59. The van der Waals surface area contributed by atoms with E-state index in [1.165, 1.54) is 0 Å². The first-order valence-corrected chi connectivity index (χ1v) is 13.3. The SMILES string of the molecule is C/N=C\c1cnn2cc(-c3cnn(C)c3)cc(-c3ccc(N4CCN(C(=O)N5CCCC(F)C5)CC4)nc3)c12. The van der Waals surface area contributed by atoms with Gasteiger partial charge in [-0.2, -0.15) is 10.2 Å². The number of rotatable bonds is 4. The predicted molar refractivity (Wildman–Crippen MR) is 149 cm³/mol. The number of carbonyl (C=O) groups is 1. The largest absolute Gasteiger partial charge is 0.353 e. The second-order valence-electron chi connectivity index (χ2n) is 10.2. The minimum Gasteiger partial charge on any atom is -0.353 e. The number of nitrogens with zero attached hydrogens (tertiary/aromatic N) is 9. The van der Waals surface area contributed by atoms with Crippen molar-refractivity contribution < 1.29 is 9.18 Å². The number of anilines is 1. The molecule has 10 nitrogen and oxygen atoms in total. The van der Waals surface area contributed by atoms with Crippen LogP contribution in [0.1, 0.15) is 18.4 Å². The lowest BCUT2D eigenvalue weighted by atomic mass is 10.0. The number of amides is 2. The Hall–Kier alpha value is -4.28. The van der Waals surface area contributed by atoms with E-state index in [2.05, 4.69) is 32.2 Å². The number of hydrogen-bond donors (Lipinski definition) is 0. The molecule has 1 atom stereocenters. The van der Waals surface area contributed by atoms with Gasteiger partial charge < -0.3 is 14.7 Å². The number of urea groups is 1. The summed E-state index contributed by atoms with van der Waals surface area (Å²) in [6, 6.07) is 6.20. The molecule has 2 saturated heterocycles. The Morgan fingerprint density at radius 2 is 1.85 bits per heavy atom. The van der Waals surface area contributed by atoms with Crippen molar-refractivity contribution in [1.29, 1.82) is 0 Å². The first kappa shape index (κ1) is 25.0. The molecule has 2 aliphatic rings. The third-order valence-corrected chi connectivity index (χ3v) is 7.51. The number of fused-ring (bicyclic) bond motifs is 1. The molecule has 4 aromatic rings. The quantitative estimate of drug-likeness (QED) is 0.378. The van der Waals surface area contributed by atoms with E-state index < -0.39 is 6.17 Å². The highest BCUT2D eigenvalue weighted by Crippen LogP contribution is 2.32. The van der Waals surface area contributed by atoms with Crippen LogP contribution in [0.15, 0.2) is 54.2 Å². The van der Waals surface area contributed by atoms with Gasteiger partial charge in [0.25, 0.3) is 0 Å². The number of aryl methyl sites for hydroxylation is 1. The van der Waals surface area contributed by atoms with Gasteiger partial charge in [-0.1, -0.05) is 0 Å². The smallest absolute Gasteiger partial charge is 0.320 e. The molecule has 39 heavy (non-hydrogen) atoms. The summed E-state index contributed by atoms with van der Waals surface area (Å²) in [5, 5.41) is 8.90. The molecule has 0 N–H and O–H groups in total. The van der Waals surface area contributed by atoms with E-state index >= 15 is 0 Å². The van der Waals surface area contributed by atoms with Gasteiger partial charge in [-0.25, -0.2) is 18.7 Å².